The highest BCUT2D eigenvalue weighted by Gasteiger charge is 2.36. The maximum Gasteiger partial charge on any atom is 0.255 e. The Hall–Kier alpha value is -1.84. The van der Waals surface area contributed by atoms with Crippen molar-refractivity contribution in [3.63, 3.8) is 0 Å². The third-order valence-corrected chi connectivity index (χ3v) is 3.73. The Morgan fingerprint density at radius 2 is 2.00 bits per heavy atom. The molecule has 1 fully saturated rings. The molecule has 0 aromatic heterocycles. The molecule has 2 heterocycles. The van der Waals surface area contributed by atoms with Crippen molar-refractivity contribution < 1.29 is 9.59 Å². The van der Waals surface area contributed by atoms with E-state index in [9.17, 15) is 9.59 Å². The van der Waals surface area contributed by atoms with Gasteiger partial charge in [-0.05, 0) is 30.9 Å². The van der Waals surface area contributed by atoms with Crippen LogP contribution in [-0.4, -0.2) is 29.3 Å². The highest BCUT2D eigenvalue weighted by molar-refractivity contribution is 6.01. The smallest absolute Gasteiger partial charge is 0.255 e. The fourth-order valence-electron chi connectivity index (χ4n) is 2.75. The number of rotatable bonds is 1. The Morgan fingerprint density at radius 1 is 1.17 bits per heavy atom. The molecule has 2 aliphatic heterocycles. The van der Waals surface area contributed by atoms with Crippen LogP contribution in [0, 0.1) is 0 Å². The predicted molar refractivity (Wildman–Crippen MR) is 67.0 cm³/mol. The molecular formula is C14H16N2O2. The summed E-state index contributed by atoms with van der Waals surface area (Å²) in [7, 11) is 0. The van der Waals surface area contributed by atoms with E-state index in [1.807, 2.05) is 24.3 Å². The van der Waals surface area contributed by atoms with Crippen molar-refractivity contribution in [1.82, 2.24) is 10.2 Å². The lowest BCUT2D eigenvalue weighted by molar-refractivity contribution is -0.125. The van der Waals surface area contributed by atoms with Crippen LogP contribution in [0.25, 0.3) is 0 Å². The molecule has 18 heavy (non-hydrogen) atoms. The number of carbonyl (C=O) groups excluding carboxylic acids is 2. The summed E-state index contributed by atoms with van der Waals surface area (Å²) in [5, 5.41) is 2.89. The summed E-state index contributed by atoms with van der Waals surface area (Å²) >= 11 is 0. The Kier molecular flexibility index (Phi) is 2.78. The van der Waals surface area contributed by atoms with Gasteiger partial charge >= 0.3 is 0 Å². The van der Waals surface area contributed by atoms with Crippen LogP contribution in [0.2, 0.25) is 0 Å². The highest BCUT2D eigenvalue weighted by atomic mass is 16.2. The molecule has 0 radical (unpaired) electrons. The molecule has 1 atom stereocenters. The molecule has 0 spiro atoms. The Bertz CT molecular complexity index is 498. The van der Waals surface area contributed by atoms with Gasteiger partial charge in [0.15, 0.2) is 0 Å². The Morgan fingerprint density at radius 3 is 2.83 bits per heavy atom. The molecule has 1 saturated heterocycles. The average Bonchev–Trinajstić information content (AvgIpc) is 2.57. The summed E-state index contributed by atoms with van der Waals surface area (Å²) in [5.74, 6) is -0.0127. The van der Waals surface area contributed by atoms with Gasteiger partial charge < -0.3 is 10.2 Å². The molecule has 4 heteroatoms. The predicted octanol–water partition coefficient (Wildman–Crippen LogP) is 1.31. The number of nitrogens with one attached hydrogen (secondary N) is 1. The van der Waals surface area contributed by atoms with Gasteiger partial charge in [-0.2, -0.15) is 0 Å². The minimum Gasteiger partial charge on any atom is -0.354 e. The second-order valence-electron chi connectivity index (χ2n) is 4.89. The van der Waals surface area contributed by atoms with Crippen molar-refractivity contribution in [1.29, 1.82) is 0 Å². The van der Waals surface area contributed by atoms with Gasteiger partial charge in [0, 0.05) is 18.7 Å². The molecule has 3 rings (SSSR count). The fraction of sp³-hybridized carbons (Fsp3) is 0.429. The first kappa shape index (κ1) is 11.3. The number of hydrogen-bond donors (Lipinski definition) is 1. The molecule has 1 N–H and O–H groups in total. The van der Waals surface area contributed by atoms with Crippen LogP contribution >= 0.6 is 0 Å². The van der Waals surface area contributed by atoms with Crippen molar-refractivity contribution in [3.8, 4) is 0 Å². The van der Waals surface area contributed by atoms with Gasteiger partial charge in [-0.25, -0.2) is 0 Å². The number of benzene rings is 1. The number of amides is 2. The van der Waals surface area contributed by atoms with Crippen molar-refractivity contribution in [2.45, 2.75) is 31.8 Å². The SMILES string of the molecule is O=C1NCCCC[C@@H]1N1Cc2ccccc2C1=O. The summed E-state index contributed by atoms with van der Waals surface area (Å²) < 4.78 is 0. The van der Waals surface area contributed by atoms with Gasteiger partial charge in [-0.15, -0.1) is 0 Å². The molecule has 94 valence electrons. The summed E-state index contributed by atoms with van der Waals surface area (Å²) in [6.07, 6.45) is 2.76. The molecular weight excluding hydrogens is 228 g/mol. The second-order valence-corrected chi connectivity index (χ2v) is 4.89. The van der Waals surface area contributed by atoms with Crippen molar-refractivity contribution in [2.75, 3.05) is 6.54 Å². The minimum atomic E-state index is -0.299. The maximum absolute atomic E-state index is 12.3. The lowest BCUT2D eigenvalue weighted by Crippen LogP contribution is -2.45. The van der Waals surface area contributed by atoms with Crippen LogP contribution in [0.5, 0.6) is 0 Å². The van der Waals surface area contributed by atoms with Crippen molar-refractivity contribution in [2.24, 2.45) is 0 Å². The van der Waals surface area contributed by atoms with Gasteiger partial charge in [0.05, 0.1) is 0 Å². The summed E-state index contributed by atoms with van der Waals surface area (Å²) in [5.41, 5.74) is 1.77. The first-order chi connectivity index (χ1) is 8.77. The van der Waals surface area contributed by atoms with Gasteiger partial charge in [0.2, 0.25) is 5.91 Å². The summed E-state index contributed by atoms with van der Waals surface area (Å²) in [6, 6.07) is 7.30. The maximum atomic E-state index is 12.3. The molecule has 1 aromatic rings. The van der Waals surface area contributed by atoms with E-state index in [0.29, 0.717) is 6.54 Å². The minimum absolute atomic E-state index is 0.00587. The zero-order valence-electron chi connectivity index (χ0n) is 10.2. The number of fused-ring (bicyclic) bond motifs is 1. The Balaban J connectivity index is 1.87. The molecule has 0 unspecified atom stereocenters. The molecule has 1 aromatic carbocycles. The second kappa shape index (κ2) is 4.44. The van der Waals surface area contributed by atoms with E-state index in [2.05, 4.69) is 5.32 Å². The molecule has 0 aliphatic carbocycles. The monoisotopic (exact) mass is 244 g/mol. The lowest BCUT2D eigenvalue weighted by atomic mass is 10.1. The van der Waals surface area contributed by atoms with E-state index in [-0.39, 0.29) is 17.9 Å². The van der Waals surface area contributed by atoms with E-state index in [4.69, 9.17) is 0 Å². The first-order valence-corrected chi connectivity index (χ1v) is 6.44. The number of hydrogen-bond acceptors (Lipinski definition) is 2. The molecule has 0 bridgehead atoms. The molecule has 0 saturated carbocycles. The van der Waals surface area contributed by atoms with Crippen molar-refractivity contribution >= 4 is 11.8 Å². The van der Waals surface area contributed by atoms with E-state index < -0.39 is 0 Å². The zero-order valence-corrected chi connectivity index (χ0v) is 10.2. The summed E-state index contributed by atoms with van der Waals surface area (Å²) in [6.45, 7) is 1.29. The molecule has 2 aliphatic rings. The average molecular weight is 244 g/mol. The van der Waals surface area contributed by atoms with Gasteiger partial charge in [0.25, 0.3) is 5.91 Å². The van der Waals surface area contributed by atoms with Crippen molar-refractivity contribution in [3.05, 3.63) is 35.4 Å². The van der Waals surface area contributed by atoms with Crippen LogP contribution in [0.4, 0.5) is 0 Å². The standard InChI is InChI=1S/C14H16N2O2/c17-13-12(7-3-4-8-15-13)16-9-10-5-1-2-6-11(10)14(16)18/h1-2,5-6,12H,3-4,7-9H2,(H,15,17)/t12-/m0/s1. The van der Waals surface area contributed by atoms with E-state index in [1.54, 1.807) is 4.90 Å². The Labute approximate surface area is 106 Å². The highest BCUT2D eigenvalue weighted by Crippen LogP contribution is 2.26. The van der Waals surface area contributed by atoms with Crippen LogP contribution < -0.4 is 5.32 Å². The van der Waals surface area contributed by atoms with E-state index in [1.165, 1.54) is 0 Å². The third kappa shape index (κ3) is 1.78. The largest absolute Gasteiger partial charge is 0.354 e. The topological polar surface area (TPSA) is 49.4 Å². The lowest BCUT2D eigenvalue weighted by Gasteiger charge is -2.25. The van der Waals surface area contributed by atoms with E-state index in [0.717, 1.165) is 36.9 Å². The normalized spacial score (nSPS) is 23.6. The number of carbonyl (C=O) groups is 2. The van der Waals surface area contributed by atoms with Crippen LogP contribution in [0.1, 0.15) is 35.2 Å². The molecule has 2 amide bonds. The van der Waals surface area contributed by atoms with Gasteiger partial charge in [-0.3, -0.25) is 9.59 Å². The quantitative estimate of drug-likeness (QED) is 0.809. The van der Waals surface area contributed by atoms with Crippen LogP contribution in [-0.2, 0) is 11.3 Å². The first-order valence-electron chi connectivity index (χ1n) is 6.44. The summed E-state index contributed by atoms with van der Waals surface area (Å²) in [4.78, 5) is 26.0. The molecule has 4 nitrogen and oxygen atoms in total. The third-order valence-electron chi connectivity index (χ3n) is 3.73. The van der Waals surface area contributed by atoms with Gasteiger partial charge in [0.1, 0.15) is 6.04 Å². The van der Waals surface area contributed by atoms with E-state index >= 15 is 0 Å². The van der Waals surface area contributed by atoms with Crippen LogP contribution in [0.15, 0.2) is 24.3 Å². The number of nitrogens with zero attached hydrogens (tertiary/aromatic N) is 1. The van der Waals surface area contributed by atoms with Crippen LogP contribution in [0.3, 0.4) is 0 Å². The van der Waals surface area contributed by atoms with Gasteiger partial charge in [-0.1, -0.05) is 18.2 Å². The fourth-order valence-corrected chi connectivity index (χ4v) is 2.75. The zero-order chi connectivity index (χ0) is 12.5.